The Morgan fingerprint density at radius 2 is 1.92 bits per heavy atom. The maximum Gasteiger partial charge on any atom is 0.284 e. The minimum absolute atomic E-state index is 0. The van der Waals surface area contributed by atoms with Crippen molar-refractivity contribution >= 4 is 35.8 Å². The number of rotatable bonds is 7. The summed E-state index contributed by atoms with van der Waals surface area (Å²) in [5, 5.41) is 6.37. The van der Waals surface area contributed by atoms with E-state index in [1.807, 2.05) is 18.2 Å². The first kappa shape index (κ1) is 20.0. The van der Waals surface area contributed by atoms with E-state index in [9.17, 15) is 4.79 Å². The van der Waals surface area contributed by atoms with Crippen molar-refractivity contribution in [3.05, 3.63) is 59.5 Å². The number of hydrogen-bond donors (Lipinski definition) is 3. The van der Waals surface area contributed by atoms with Crippen molar-refractivity contribution < 1.29 is 9.21 Å². The van der Waals surface area contributed by atoms with Crippen LogP contribution in [0.1, 0.15) is 28.3 Å². The number of furan rings is 1. The first-order valence-electron chi connectivity index (χ1n) is 7.56. The Kier molecular flexibility index (Phi) is 8.92. The van der Waals surface area contributed by atoms with E-state index in [4.69, 9.17) is 10.2 Å². The third-order valence-corrected chi connectivity index (χ3v) is 3.34. The molecule has 130 valence electrons. The molecule has 0 saturated carbocycles. The number of aryl methyl sites for hydroxylation is 1. The summed E-state index contributed by atoms with van der Waals surface area (Å²) < 4.78 is 5.30. The van der Waals surface area contributed by atoms with Gasteiger partial charge in [0.25, 0.3) is 5.91 Å². The first-order valence-corrected chi connectivity index (χ1v) is 7.56. The molecule has 0 bridgehead atoms. The number of carbonyl (C=O) groups excluding carboxylic acids is 1. The molecule has 0 aliphatic heterocycles. The quantitative estimate of drug-likeness (QED) is 0.266. The summed E-state index contributed by atoms with van der Waals surface area (Å²) in [6.45, 7) is 1.25. The molecule has 0 unspecified atom stereocenters. The molecule has 4 N–H and O–H groups in total. The molecule has 0 aliphatic rings. The summed E-state index contributed by atoms with van der Waals surface area (Å²) in [6.07, 6.45) is 2.03. The van der Waals surface area contributed by atoms with Gasteiger partial charge in [0.05, 0.1) is 6.54 Å². The largest absolute Gasteiger partial charge is 0.454 e. The molecule has 1 heterocycles. The van der Waals surface area contributed by atoms with Crippen molar-refractivity contribution in [2.75, 3.05) is 13.6 Å². The molecule has 0 atom stereocenters. The van der Waals surface area contributed by atoms with E-state index in [0.29, 0.717) is 18.3 Å². The Hall–Kier alpha value is -2.03. The molecule has 0 spiro atoms. The minimum atomic E-state index is -0.570. The summed E-state index contributed by atoms with van der Waals surface area (Å²) in [6, 6.07) is 13.7. The molecule has 6 nitrogen and oxygen atoms in total. The number of benzene rings is 1. The van der Waals surface area contributed by atoms with Gasteiger partial charge in [0, 0.05) is 13.6 Å². The molecule has 24 heavy (non-hydrogen) atoms. The number of hydrogen-bond acceptors (Lipinski definition) is 3. The lowest BCUT2D eigenvalue weighted by Crippen LogP contribution is -2.37. The number of guanidine groups is 1. The van der Waals surface area contributed by atoms with Gasteiger partial charge in [0.2, 0.25) is 0 Å². The number of primary amides is 1. The van der Waals surface area contributed by atoms with Crippen molar-refractivity contribution in [2.45, 2.75) is 19.4 Å². The highest BCUT2D eigenvalue weighted by Crippen LogP contribution is 2.06. The van der Waals surface area contributed by atoms with Crippen molar-refractivity contribution in [3.63, 3.8) is 0 Å². The lowest BCUT2D eigenvalue weighted by atomic mass is 10.1. The summed E-state index contributed by atoms with van der Waals surface area (Å²) in [4.78, 5) is 15.1. The number of aliphatic imine (C=N–C) groups is 1. The predicted octanol–water partition coefficient (Wildman–Crippen LogP) is 2.29. The maximum absolute atomic E-state index is 11.0. The van der Waals surface area contributed by atoms with Crippen molar-refractivity contribution in [3.8, 4) is 0 Å². The number of halogens is 1. The smallest absolute Gasteiger partial charge is 0.284 e. The van der Waals surface area contributed by atoms with Gasteiger partial charge < -0.3 is 20.8 Å². The van der Waals surface area contributed by atoms with Crippen LogP contribution in [0.3, 0.4) is 0 Å². The van der Waals surface area contributed by atoms with E-state index < -0.39 is 5.91 Å². The molecule has 0 aliphatic carbocycles. The molecule has 1 amide bonds. The number of amides is 1. The molecule has 0 fully saturated rings. The summed E-state index contributed by atoms with van der Waals surface area (Å²) in [7, 11) is 1.71. The van der Waals surface area contributed by atoms with E-state index >= 15 is 0 Å². The fraction of sp³-hybridized carbons (Fsp3) is 0.294. The fourth-order valence-corrected chi connectivity index (χ4v) is 2.14. The molecule has 1 aromatic carbocycles. The Balaban J connectivity index is 0.00000288. The third kappa shape index (κ3) is 6.61. The number of nitrogens with zero attached hydrogens (tertiary/aromatic N) is 1. The average Bonchev–Trinajstić information content (AvgIpc) is 3.04. The molecule has 1 aromatic heterocycles. The highest BCUT2D eigenvalue weighted by molar-refractivity contribution is 14.0. The highest BCUT2D eigenvalue weighted by Gasteiger charge is 2.07. The molecule has 2 rings (SSSR count). The number of nitrogens with two attached hydrogens (primary N) is 1. The van der Waals surface area contributed by atoms with Crippen LogP contribution < -0.4 is 16.4 Å². The molecular formula is C17H23IN4O2. The third-order valence-electron chi connectivity index (χ3n) is 3.34. The second-order valence-electron chi connectivity index (χ2n) is 5.07. The Bertz CT molecular complexity index is 656. The molecule has 7 heteroatoms. The van der Waals surface area contributed by atoms with Gasteiger partial charge in [-0.1, -0.05) is 30.3 Å². The second-order valence-corrected chi connectivity index (χ2v) is 5.07. The van der Waals surface area contributed by atoms with Crippen LogP contribution in [0.2, 0.25) is 0 Å². The van der Waals surface area contributed by atoms with Gasteiger partial charge in [0.15, 0.2) is 11.7 Å². The van der Waals surface area contributed by atoms with Crippen LogP contribution >= 0.6 is 24.0 Å². The molecule has 2 aromatic rings. The Labute approximate surface area is 158 Å². The van der Waals surface area contributed by atoms with Crippen LogP contribution in [-0.4, -0.2) is 25.5 Å². The molecule has 0 radical (unpaired) electrons. The van der Waals surface area contributed by atoms with Crippen molar-refractivity contribution in [1.29, 1.82) is 0 Å². The second kappa shape index (κ2) is 10.7. The van der Waals surface area contributed by atoms with Crippen LogP contribution in [0, 0.1) is 0 Å². The SMILES string of the molecule is CN=C(NCCCc1ccccc1)NCc1ccc(C(N)=O)o1.I. The van der Waals surface area contributed by atoms with Crippen molar-refractivity contribution in [2.24, 2.45) is 10.7 Å². The van der Waals surface area contributed by atoms with Gasteiger partial charge in [-0.2, -0.15) is 0 Å². The Morgan fingerprint density at radius 1 is 1.17 bits per heavy atom. The maximum atomic E-state index is 11.0. The predicted molar refractivity (Wildman–Crippen MR) is 106 cm³/mol. The lowest BCUT2D eigenvalue weighted by Gasteiger charge is -2.10. The molecule has 0 saturated heterocycles. The zero-order chi connectivity index (χ0) is 16.5. The fourth-order valence-electron chi connectivity index (χ4n) is 2.14. The summed E-state index contributed by atoms with van der Waals surface area (Å²) >= 11 is 0. The van der Waals surface area contributed by atoms with Crippen LogP contribution in [0.5, 0.6) is 0 Å². The topological polar surface area (TPSA) is 92.6 Å². The standard InChI is InChI=1S/C17H22N4O2.HI/c1-19-17(20-11-5-8-13-6-3-2-4-7-13)21-12-14-9-10-15(23-14)16(18)22;/h2-4,6-7,9-10H,5,8,11-12H2,1H3,(H2,18,22)(H2,19,20,21);1H. The molecular weight excluding hydrogens is 419 g/mol. The summed E-state index contributed by atoms with van der Waals surface area (Å²) in [5.74, 6) is 0.911. The van der Waals surface area contributed by atoms with Gasteiger partial charge in [-0.25, -0.2) is 0 Å². The first-order chi connectivity index (χ1) is 11.2. The van der Waals surface area contributed by atoms with Crippen LogP contribution in [0.25, 0.3) is 0 Å². The number of nitrogens with one attached hydrogen (secondary N) is 2. The summed E-state index contributed by atoms with van der Waals surface area (Å²) in [5.41, 5.74) is 6.47. The Morgan fingerprint density at radius 3 is 2.54 bits per heavy atom. The van der Waals surface area contributed by atoms with Gasteiger partial charge in [-0.15, -0.1) is 24.0 Å². The minimum Gasteiger partial charge on any atom is -0.454 e. The van der Waals surface area contributed by atoms with Gasteiger partial charge in [0.1, 0.15) is 5.76 Å². The van der Waals surface area contributed by atoms with E-state index in [-0.39, 0.29) is 29.7 Å². The normalized spacial score (nSPS) is 10.8. The van der Waals surface area contributed by atoms with Crippen LogP contribution in [0.4, 0.5) is 0 Å². The van der Waals surface area contributed by atoms with Gasteiger partial charge in [-0.3, -0.25) is 9.79 Å². The van der Waals surface area contributed by atoms with E-state index in [1.165, 1.54) is 5.56 Å². The van der Waals surface area contributed by atoms with Crippen LogP contribution in [-0.2, 0) is 13.0 Å². The van der Waals surface area contributed by atoms with E-state index in [2.05, 4.69) is 27.8 Å². The van der Waals surface area contributed by atoms with Crippen LogP contribution in [0.15, 0.2) is 51.9 Å². The monoisotopic (exact) mass is 442 g/mol. The lowest BCUT2D eigenvalue weighted by molar-refractivity contribution is 0.0972. The van der Waals surface area contributed by atoms with E-state index in [1.54, 1.807) is 19.2 Å². The van der Waals surface area contributed by atoms with E-state index in [0.717, 1.165) is 19.4 Å². The number of carbonyl (C=O) groups is 1. The van der Waals surface area contributed by atoms with Gasteiger partial charge in [-0.05, 0) is 30.5 Å². The van der Waals surface area contributed by atoms with Gasteiger partial charge >= 0.3 is 0 Å². The average molecular weight is 442 g/mol. The zero-order valence-electron chi connectivity index (χ0n) is 13.6. The zero-order valence-corrected chi connectivity index (χ0v) is 15.9. The van der Waals surface area contributed by atoms with Crippen molar-refractivity contribution in [1.82, 2.24) is 10.6 Å². The highest BCUT2D eigenvalue weighted by atomic mass is 127.